The molecule has 25 nitrogen and oxygen atoms in total. The third-order valence-electron chi connectivity index (χ3n) is 12.0. The maximum atomic E-state index is 14.1. The van der Waals surface area contributed by atoms with E-state index in [0.29, 0.717) is 128 Å². The third kappa shape index (κ3) is 16.5. The molecule has 3 aromatic heterocycles. The van der Waals surface area contributed by atoms with E-state index in [0.717, 1.165) is 12.2 Å². The van der Waals surface area contributed by atoms with E-state index in [9.17, 15) is 29.4 Å². The highest BCUT2D eigenvalue weighted by molar-refractivity contribution is 7.98. The topological polar surface area (TPSA) is 314 Å². The van der Waals surface area contributed by atoms with Gasteiger partial charge in [-0.05, 0) is 37.2 Å². The first-order valence-corrected chi connectivity index (χ1v) is 24.7. The minimum Gasteiger partial charge on any atom is -0.481 e. The molecule has 0 unspecified atom stereocenters. The number of piperazine rings is 2. The second kappa shape index (κ2) is 28.1. The maximum Gasteiger partial charge on any atom is 0.303 e. The number of ether oxygens (including phenoxy) is 3. The summed E-state index contributed by atoms with van der Waals surface area (Å²) in [5.41, 5.74) is 13.8. The number of carbonyl (C=O) groups is 4. The van der Waals surface area contributed by atoms with Crippen LogP contribution in [0, 0.1) is 18.3 Å². The number of carboxylic acid groups (broad SMARTS) is 2. The van der Waals surface area contributed by atoms with Gasteiger partial charge in [0.1, 0.15) is 18.7 Å². The van der Waals surface area contributed by atoms with E-state index in [2.05, 4.69) is 31.9 Å². The van der Waals surface area contributed by atoms with Gasteiger partial charge in [0.25, 0.3) is 0 Å². The molecule has 0 radical (unpaired) electrons. The van der Waals surface area contributed by atoms with Crippen LogP contribution in [0.1, 0.15) is 87.9 Å². The van der Waals surface area contributed by atoms with Crippen molar-refractivity contribution >= 4 is 53.4 Å². The van der Waals surface area contributed by atoms with Gasteiger partial charge in [-0.15, -0.1) is 16.6 Å². The molecule has 5 rings (SSSR count). The average Bonchev–Trinajstić information content (AvgIpc) is 4.06. The van der Waals surface area contributed by atoms with Crippen molar-refractivity contribution in [2.75, 3.05) is 126 Å². The molecule has 3 aromatic rings. The van der Waals surface area contributed by atoms with Gasteiger partial charge in [-0.3, -0.25) is 19.2 Å². The van der Waals surface area contributed by atoms with Gasteiger partial charge in [-0.2, -0.15) is 26.7 Å². The molecule has 26 heteroatoms. The van der Waals surface area contributed by atoms with E-state index in [1.807, 2.05) is 29.9 Å². The van der Waals surface area contributed by atoms with Crippen molar-refractivity contribution in [3.05, 3.63) is 23.8 Å². The molecule has 2 saturated heterocycles. The molecule has 0 saturated carbocycles. The van der Waals surface area contributed by atoms with Gasteiger partial charge < -0.3 is 60.8 Å². The SMILES string of the molecule is C#CCOCCOCCOCCNc1nc(N2CCN(C(=O)[C@H](CCC(=O)O)n3cc([C@@H](N)[C@H](C)CC)nn3)CC2)nc(N2CCN(C(=O)[C@H](CCC(=O)O)n3cc([C@@H](N)CCSC)nn3)CC2)n1. The van der Waals surface area contributed by atoms with Gasteiger partial charge in [-0.1, -0.05) is 36.6 Å². The molecule has 5 heterocycles. The van der Waals surface area contributed by atoms with Crippen molar-refractivity contribution in [3.8, 4) is 12.3 Å². The molecule has 5 atom stereocenters. The summed E-state index contributed by atoms with van der Waals surface area (Å²) in [6, 6.07) is -2.53. The monoisotopic (exact) mass is 985 g/mol. The summed E-state index contributed by atoms with van der Waals surface area (Å²) in [6.45, 7) is 9.15. The zero-order chi connectivity index (χ0) is 49.7. The van der Waals surface area contributed by atoms with Crippen molar-refractivity contribution in [1.29, 1.82) is 0 Å². The van der Waals surface area contributed by atoms with E-state index >= 15 is 0 Å². The minimum atomic E-state index is -1.03. The molecule has 380 valence electrons. The lowest BCUT2D eigenvalue weighted by atomic mass is 9.98. The Morgan fingerprint density at radius 3 is 1.74 bits per heavy atom. The van der Waals surface area contributed by atoms with Gasteiger partial charge in [0.15, 0.2) is 0 Å². The zero-order valence-electron chi connectivity index (χ0n) is 39.8. The summed E-state index contributed by atoms with van der Waals surface area (Å²) in [7, 11) is 0. The van der Waals surface area contributed by atoms with Crippen LogP contribution < -0.4 is 26.6 Å². The molecule has 2 aliphatic heterocycles. The highest BCUT2D eigenvalue weighted by atomic mass is 32.2. The van der Waals surface area contributed by atoms with Crippen LogP contribution in [0.4, 0.5) is 17.8 Å². The van der Waals surface area contributed by atoms with Crippen molar-refractivity contribution < 1.29 is 43.6 Å². The first kappa shape index (κ1) is 54.2. The number of anilines is 3. The molecule has 7 N–H and O–H groups in total. The highest BCUT2D eigenvalue weighted by Crippen LogP contribution is 2.26. The molecule has 0 aliphatic carbocycles. The summed E-state index contributed by atoms with van der Waals surface area (Å²) < 4.78 is 19.3. The van der Waals surface area contributed by atoms with Gasteiger partial charge in [-0.25, -0.2) is 9.36 Å². The lowest BCUT2D eigenvalue weighted by molar-refractivity contribution is -0.140. The number of amides is 2. The van der Waals surface area contributed by atoms with Crippen molar-refractivity contribution in [1.82, 2.24) is 54.7 Å². The fraction of sp³-hybridized carbons (Fsp3) is 0.698. The Hall–Kier alpha value is -5.72. The van der Waals surface area contributed by atoms with E-state index < -0.39 is 24.0 Å². The summed E-state index contributed by atoms with van der Waals surface area (Å²) in [4.78, 5) is 73.1. The largest absolute Gasteiger partial charge is 0.481 e. The van der Waals surface area contributed by atoms with Crippen LogP contribution >= 0.6 is 11.8 Å². The lowest BCUT2D eigenvalue weighted by Gasteiger charge is -2.38. The van der Waals surface area contributed by atoms with Crippen LogP contribution in [0.3, 0.4) is 0 Å². The van der Waals surface area contributed by atoms with Crippen LogP contribution in [-0.2, 0) is 33.4 Å². The molecule has 0 aromatic carbocycles. The van der Waals surface area contributed by atoms with E-state index in [-0.39, 0.29) is 62.1 Å². The van der Waals surface area contributed by atoms with Gasteiger partial charge in [0.2, 0.25) is 29.7 Å². The zero-order valence-corrected chi connectivity index (χ0v) is 40.6. The number of terminal acetylenes is 1. The Bertz CT molecular complexity index is 2120. The third-order valence-corrected chi connectivity index (χ3v) is 12.6. The van der Waals surface area contributed by atoms with Gasteiger partial charge in [0.05, 0.1) is 68.9 Å². The second-order valence-corrected chi connectivity index (χ2v) is 17.7. The lowest BCUT2D eigenvalue weighted by Crippen LogP contribution is -2.52. The number of thioether (sulfide) groups is 1. The number of nitrogens with zero attached hydrogens (tertiary/aromatic N) is 13. The Labute approximate surface area is 406 Å². The number of nitrogens with one attached hydrogen (secondary N) is 1. The first-order valence-electron chi connectivity index (χ1n) is 23.3. The Balaban J connectivity index is 1.27. The minimum absolute atomic E-state index is 0.0247. The summed E-state index contributed by atoms with van der Waals surface area (Å²) >= 11 is 1.66. The number of aliphatic carboxylic acids is 2. The molecular formula is C43H68N16O9S. The number of rotatable bonds is 30. The van der Waals surface area contributed by atoms with Crippen LogP contribution in [0.15, 0.2) is 12.4 Å². The smallest absolute Gasteiger partial charge is 0.303 e. The summed E-state index contributed by atoms with van der Waals surface area (Å²) in [6.07, 6.45) is 11.5. The number of aromatic nitrogens is 9. The number of carboxylic acids is 2. The summed E-state index contributed by atoms with van der Waals surface area (Å²) in [5, 5.41) is 39.2. The predicted octanol–water partition coefficient (Wildman–Crippen LogP) is 0.458. The normalized spacial score (nSPS) is 16.4. The quantitative estimate of drug-likeness (QED) is 0.0447. The van der Waals surface area contributed by atoms with E-state index in [4.69, 9.17) is 47.1 Å². The molecule has 0 bridgehead atoms. The van der Waals surface area contributed by atoms with Crippen molar-refractivity contribution in [2.45, 2.75) is 76.5 Å². The summed E-state index contributed by atoms with van der Waals surface area (Å²) in [5.74, 6) is 1.81. The highest BCUT2D eigenvalue weighted by Gasteiger charge is 2.34. The molecule has 69 heavy (non-hydrogen) atoms. The van der Waals surface area contributed by atoms with Crippen LogP contribution in [0.5, 0.6) is 0 Å². The number of hydrogen-bond donors (Lipinski definition) is 5. The fourth-order valence-electron chi connectivity index (χ4n) is 7.60. The van der Waals surface area contributed by atoms with Crippen molar-refractivity contribution in [2.24, 2.45) is 17.4 Å². The first-order chi connectivity index (χ1) is 33.3. The van der Waals surface area contributed by atoms with Crippen LogP contribution in [0.25, 0.3) is 0 Å². The van der Waals surface area contributed by atoms with E-state index in [1.165, 1.54) is 9.36 Å². The molecule has 2 amide bonds. The van der Waals surface area contributed by atoms with Gasteiger partial charge in [0, 0.05) is 71.7 Å². The Morgan fingerprint density at radius 2 is 1.25 bits per heavy atom. The molecular weight excluding hydrogens is 917 g/mol. The Morgan fingerprint density at radius 1 is 0.754 bits per heavy atom. The second-order valence-electron chi connectivity index (χ2n) is 16.7. The fourth-order valence-corrected chi connectivity index (χ4v) is 8.09. The molecule has 0 spiro atoms. The Kier molecular flexibility index (Phi) is 22.1. The standard InChI is InChI=1S/C43H68N16O9S/c1-5-21-66-23-25-68-26-24-67-22-12-46-41-47-42(56-17-13-54(14-18-56)39(64)34(7-9-36(60)61)58-28-32(50-52-58)31(44)11-27-69-4)49-43(48-41)57-19-15-55(16-20-57)40(65)35(8-10-37(62)63)59-29-33(51-53-59)38(45)30(3)6-2/h1,28-31,34-35,38H,6-27,44-45H2,2-4H3,(H,60,61)(H,62,63)(H,46,47,48,49)/t30-,31+,34+,35+,38+/m1/s1. The predicted molar refractivity (Wildman–Crippen MR) is 255 cm³/mol. The average molecular weight is 985 g/mol. The number of hydrogen-bond acceptors (Lipinski definition) is 20. The van der Waals surface area contributed by atoms with Crippen molar-refractivity contribution in [3.63, 3.8) is 0 Å². The van der Waals surface area contributed by atoms with Crippen LogP contribution in [0.2, 0.25) is 0 Å². The van der Waals surface area contributed by atoms with Gasteiger partial charge >= 0.3 is 11.9 Å². The number of carbonyl (C=O) groups excluding carboxylic acids is 2. The molecule has 2 fully saturated rings. The van der Waals surface area contributed by atoms with Crippen LogP contribution in [-0.4, -0.2) is 199 Å². The molecule has 2 aliphatic rings. The number of nitrogens with two attached hydrogens (primary N) is 2. The van der Waals surface area contributed by atoms with E-state index in [1.54, 1.807) is 34.0 Å². The maximum absolute atomic E-state index is 14.1.